The SMILES string of the molecule is Cc1ccc(NC(=O)c2cc3n(n2)C[C@@](C)(C(=O)NC2CCCCCC2)N(C)C3=O)cc1Cl. The van der Waals surface area contributed by atoms with E-state index in [9.17, 15) is 14.4 Å². The van der Waals surface area contributed by atoms with E-state index in [1.54, 1.807) is 26.1 Å². The van der Waals surface area contributed by atoms with Crippen molar-refractivity contribution in [2.24, 2.45) is 0 Å². The summed E-state index contributed by atoms with van der Waals surface area (Å²) in [4.78, 5) is 40.6. The Morgan fingerprint density at radius 2 is 1.85 bits per heavy atom. The highest BCUT2D eigenvalue weighted by Gasteiger charge is 2.46. The zero-order chi connectivity index (χ0) is 23.8. The molecule has 0 unspecified atom stereocenters. The van der Waals surface area contributed by atoms with Crippen molar-refractivity contribution < 1.29 is 14.4 Å². The van der Waals surface area contributed by atoms with Crippen molar-refractivity contribution in [2.75, 3.05) is 12.4 Å². The molecule has 9 heteroatoms. The number of aryl methyl sites for hydroxylation is 1. The van der Waals surface area contributed by atoms with Crippen LogP contribution >= 0.6 is 11.6 Å². The minimum atomic E-state index is -1.10. The minimum absolute atomic E-state index is 0.108. The number of anilines is 1. The number of fused-ring (bicyclic) bond motifs is 1. The van der Waals surface area contributed by atoms with E-state index in [0.717, 1.165) is 31.2 Å². The Morgan fingerprint density at radius 3 is 2.52 bits per heavy atom. The molecule has 1 aliphatic carbocycles. The Bertz CT molecular complexity index is 1090. The number of likely N-dealkylation sites (N-methyl/N-ethyl adjacent to an activating group) is 1. The van der Waals surface area contributed by atoms with Crippen LogP contribution in [-0.2, 0) is 11.3 Å². The van der Waals surface area contributed by atoms with Gasteiger partial charge in [0.2, 0.25) is 5.91 Å². The summed E-state index contributed by atoms with van der Waals surface area (Å²) in [5, 5.41) is 10.8. The molecule has 1 fully saturated rings. The lowest BCUT2D eigenvalue weighted by atomic mass is 9.95. The van der Waals surface area contributed by atoms with Gasteiger partial charge in [0.05, 0.1) is 6.54 Å². The molecule has 2 heterocycles. The summed E-state index contributed by atoms with van der Waals surface area (Å²) in [7, 11) is 1.62. The molecule has 1 aromatic heterocycles. The number of hydrogen-bond donors (Lipinski definition) is 2. The number of nitrogens with one attached hydrogen (secondary N) is 2. The summed E-state index contributed by atoms with van der Waals surface area (Å²) < 4.78 is 1.46. The van der Waals surface area contributed by atoms with Crippen molar-refractivity contribution in [1.29, 1.82) is 0 Å². The molecule has 0 bridgehead atoms. The zero-order valence-corrected chi connectivity index (χ0v) is 20.0. The van der Waals surface area contributed by atoms with Gasteiger partial charge in [-0.05, 0) is 44.4 Å². The molecule has 4 rings (SSSR count). The van der Waals surface area contributed by atoms with Crippen molar-refractivity contribution in [2.45, 2.75) is 70.5 Å². The van der Waals surface area contributed by atoms with Crippen LogP contribution in [0.3, 0.4) is 0 Å². The first-order valence-corrected chi connectivity index (χ1v) is 11.8. The highest BCUT2D eigenvalue weighted by Crippen LogP contribution is 2.28. The van der Waals surface area contributed by atoms with Crippen molar-refractivity contribution in [3.63, 3.8) is 0 Å². The van der Waals surface area contributed by atoms with E-state index in [4.69, 9.17) is 11.6 Å². The van der Waals surface area contributed by atoms with Crippen LogP contribution in [0.15, 0.2) is 24.3 Å². The van der Waals surface area contributed by atoms with Gasteiger partial charge < -0.3 is 15.5 Å². The molecule has 2 N–H and O–H groups in total. The molecule has 2 aliphatic rings. The number of hydrogen-bond acceptors (Lipinski definition) is 4. The maximum Gasteiger partial charge on any atom is 0.276 e. The van der Waals surface area contributed by atoms with E-state index in [-0.39, 0.29) is 35.8 Å². The minimum Gasteiger partial charge on any atom is -0.351 e. The average Bonchev–Trinajstić information content (AvgIpc) is 3.03. The molecule has 1 aliphatic heterocycles. The van der Waals surface area contributed by atoms with E-state index in [1.165, 1.54) is 28.5 Å². The first kappa shape index (κ1) is 23.3. The van der Waals surface area contributed by atoms with Gasteiger partial charge in [0.1, 0.15) is 11.2 Å². The van der Waals surface area contributed by atoms with Crippen LogP contribution in [0.2, 0.25) is 5.02 Å². The average molecular weight is 472 g/mol. The first-order chi connectivity index (χ1) is 15.7. The van der Waals surface area contributed by atoms with E-state index < -0.39 is 11.4 Å². The lowest BCUT2D eigenvalue weighted by molar-refractivity contribution is -0.133. The van der Waals surface area contributed by atoms with E-state index in [1.807, 2.05) is 13.0 Å². The fourth-order valence-electron chi connectivity index (χ4n) is 4.47. The molecule has 1 saturated carbocycles. The van der Waals surface area contributed by atoms with Gasteiger partial charge in [-0.15, -0.1) is 0 Å². The van der Waals surface area contributed by atoms with Crippen LogP contribution < -0.4 is 10.6 Å². The van der Waals surface area contributed by atoms with Gasteiger partial charge in [0.15, 0.2) is 5.69 Å². The fraction of sp³-hybridized carbons (Fsp3) is 0.500. The highest BCUT2D eigenvalue weighted by molar-refractivity contribution is 6.31. The normalized spacial score (nSPS) is 21.3. The monoisotopic (exact) mass is 471 g/mol. The largest absolute Gasteiger partial charge is 0.351 e. The number of benzene rings is 1. The second-order valence-corrected chi connectivity index (χ2v) is 9.70. The maximum absolute atomic E-state index is 13.3. The molecule has 1 atom stereocenters. The second-order valence-electron chi connectivity index (χ2n) is 9.29. The third-order valence-electron chi connectivity index (χ3n) is 6.84. The van der Waals surface area contributed by atoms with E-state index in [2.05, 4.69) is 15.7 Å². The summed E-state index contributed by atoms with van der Waals surface area (Å²) in [5.74, 6) is -0.978. The smallest absolute Gasteiger partial charge is 0.276 e. The van der Waals surface area contributed by atoms with Crippen molar-refractivity contribution in [3.8, 4) is 0 Å². The lowest BCUT2D eigenvalue weighted by Gasteiger charge is -2.41. The van der Waals surface area contributed by atoms with Gasteiger partial charge in [-0.3, -0.25) is 19.1 Å². The van der Waals surface area contributed by atoms with E-state index in [0.29, 0.717) is 10.7 Å². The number of aromatic nitrogens is 2. The predicted molar refractivity (Wildman–Crippen MR) is 127 cm³/mol. The number of carbonyl (C=O) groups excluding carboxylic acids is 3. The molecule has 176 valence electrons. The highest BCUT2D eigenvalue weighted by atomic mass is 35.5. The molecule has 2 aromatic rings. The van der Waals surface area contributed by atoms with Crippen LogP contribution in [0.25, 0.3) is 0 Å². The Balaban J connectivity index is 1.52. The zero-order valence-electron chi connectivity index (χ0n) is 19.3. The molecular weight excluding hydrogens is 442 g/mol. The fourth-order valence-corrected chi connectivity index (χ4v) is 4.65. The van der Waals surface area contributed by atoms with Gasteiger partial charge in [-0.1, -0.05) is 43.4 Å². The molecule has 0 radical (unpaired) electrons. The van der Waals surface area contributed by atoms with Gasteiger partial charge in [0, 0.05) is 29.9 Å². The lowest BCUT2D eigenvalue weighted by Crippen LogP contribution is -2.63. The standard InChI is InChI=1S/C24H30ClN5O3/c1-15-10-11-17(12-18(15)25)26-21(31)19-13-20-22(32)29(3)24(2,14-30(20)28-19)23(33)27-16-8-6-4-5-7-9-16/h10-13,16H,4-9,14H2,1-3H3,(H,26,31)(H,27,33)/t24-/m0/s1. The van der Waals surface area contributed by atoms with Crippen LogP contribution in [0.5, 0.6) is 0 Å². The summed E-state index contributed by atoms with van der Waals surface area (Å²) >= 11 is 6.14. The number of halogens is 1. The Morgan fingerprint density at radius 1 is 1.15 bits per heavy atom. The second kappa shape index (κ2) is 9.17. The summed E-state index contributed by atoms with van der Waals surface area (Å²) in [6, 6.07) is 6.82. The van der Waals surface area contributed by atoms with Gasteiger partial charge in [0.25, 0.3) is 11.8 Å². The first-order valence-electron chi connectivity index (χ1n) is 11.4. The van der Waals surface area contributed by atoms with Crippen LogP contribution in [0, 0.1) is 6.92 Å². The quantitative estimate of drug-likeness (QED) is 0.663. The molecule has 8 nitrogen and oxygen atoms in total. The molecule has 0 saturated heterocycles. The molecule has 0 spiro atoms. The van der Waals surface area contributed by atoms with Crippen LogP contribution in [0.1, 0.15) is 72.0 Å². The Kier molecular flexibility index (Phi) is 6.47. The molecular formula is C24H30ClN5O3. The summed E-state index contributed by atoms with van der Waals surface area (Å²) in [6.07, 6.45) is 6.51. The molecule has 3 amide bonds. The topological polar surface area (TPSA) is 96.3 Å². The maximum atomic E-state index is 13.3. The van der Waals surface area contributed by atoms with Gasteiger partial charge in [-0.2, -0.15) is 5.10 Å². The number of carbonyl (C=O) groups is 3. The van der Waals surface area contributed by atoms with Crippen LogP contribution in [0.4, 0.5) is 5.69 Å². The van der Waals surface area contributed by atoms with Crippen molar-refractivity contribution in [3.05, 3.63) is 46.2 Å². The van der Waals surface area contributed by atoms with Gasteiger partial charge in [-0.25, -0.2) is 0 Å². The molecule has 1 aromatic carbocycles. The Labute approximate surface area is 198 Å². The molecule has 33 heavy (non-hydrogen) atoms. The Hall–Kier alpha value is -2.87. The number of amides is 3. The third kappa shape index (κ3) is 4.62. The predicted octanol–water partition coefficient (Wildman–Crippen LogP) is 3.78. The van der Waals surface area contributed by atoms with Gasteiger partial charge >= 0.3 is 0 Å². The van der Waals surface area contributed by atoms with Crippen molar-refractivity contribution in [1.82, 2.24) is 20.0 Å². The summed E-state index contributed by atoms with van der Waals surface area (Å²) in [5.41, 5.74) is 0.738. The number of nitrogens with zero attached hydrogens (tertiary/aromatic N) is 3. The third-order valence-corrected chi connectivity index (χ3v) is 7.25. The summed E-state index contributed by atoms with van der Waals surface area (Å²) in [6.45, 7) is 3.80. The van der Waals surface area contributed by atoms with Crippen molar-refractivity contribution >= 4 is 35.0 Å². The van der Waals surface area contributed by atoms with Crippen LogP contribution in [-0.4, -0.2) is 51.0 Å². The van der Waals surface area contributed by atoms with E-state index >= 15 is 0 Å². The number of rotatable bonds is 4.